The van der Waals surface area contributed by atoms with E-state index in [1.165, 1.54) is 18.4 Å². The first-order chi connectivity index (χ1) is 16.2. The zero-order chi connectivity index (χ0) is 24.3. The number of hydrogen-bond donors (Lipinski definition) is 3. The zero-order valence-corrected chi connectivity index (χ0v) is 21.4. The fourth-order valence-corrected chi connectivity index (χ4v) is 5.90. The van der Waals surface area contributed by atoms with Crippen LogP contribution in [-0.4, -0.2) is 66.1 Å². The van der Waals surface area contributed by atoms with Gasteiger partial charge in [-0.15, -0.1) is 0 Å². The molecule has 0 aromatic heterocycles. The van der Waals surface area contributed by atoms with Crippen molar-refractivity contribution in [1.29, 1.82) is 0 Å². The SMILES string of the molecule is CC(C)(C)[C@H](NCC(N)C1CC1)C(=O)N1CCC[C@H]1C(=O)NCC1=NCC(c2ccccc2)S1. The first-order valence-electron chi connectivity index (χ1n) is 12.6. The molecule has 2 heterocycles. The molecule has 34 heavy (non-hydrogen) atoms. The molecule has 1 aliphatic carbocycles. The smallest absolute Gasteiger partial charge is 0.243 e. The average molecular weight is 486 g/mol. The van der Waals surface area contributed by atoms with E-state index < -0.39 is 6.04 Å². The van der Waals surface area contributed by atoms with Gasteiger partial charge in [0, 0.05) is 19.1 Å². The topological polar surface area (TPSA) is 99.8 Å². The van der Waals surface area contributed by atoms with Crippen LogP contribution in [0.15, 0.2) is 35.3 Å². The lowest BCUT2D eigenvalue weighted by atomic mass is 9.85. The molecule has 2 amide bonds. The van der Waals surface area contributed by atoms with Gasteiger partial charge in [-0.25, -0.2) is 0 Å². The van der Waals surface area contributed by atoms with Crippen molar-refractivity contribution >= 4 is 28.6 Å². The minimum atomic E-state index is -0.423. The molecular formula is C26H39N5O2S. The Morgan fingerprint density at radius 2 is 1.94 bits per heavy atom. The van der Waals surface area contributed by atoms with Crippen molar-refractivity contribution in [2.24, 2.45) is 22.1 Å². The van der Waals surface area contributed by atoms with E-state index in [2.05, 4.69) is 48.5 Å². The number of thioether (sulfide) groups is 1. The standard InChI is InChI=1S/C26H39N5O2S/c1-26(2,3)23(29-14-19(27)17-11-12-17)25(33)31-13-7-10-20(31)24(32)30-16-22-28-15-21(34-22)18-8-5-4-6-9-18/h4-6,8-9,17,19-21,23,29H,7,10-16,27H2,1-3H3,(H,30,32)/t19?,20-,21?,23+/m0/s1. The molecule has 1 saturated heterocycles. The highest BCUT2D eigenvalue weighted by atomic mass is 32.2. The second-order valence-corrected chi connectivity index (χ2v) is 12.1. The van der Waals surface area contributed by atoms with Gasteiger partial charge in [-0.2, -0.15) is 0 Å². The summed E-state index contributed by atoms with van der Waals surface area (Å²) in [5.74, 6) is 0.496. The van der Waals surface area contributed by atoms with Crippen LogP contribution >= 0.6 is 11.8 Å². The van der Waals surface area contributed by atoms with E-state index >= 15 is 0 Å². The molecule has 1 aromatic rings. The second kappa shape index (κ2) is 10.8. The van der Waals surface area contributed by atoms with E-state index in [4.69, 9.17) is 5.73 Å². The van der Waals surface area contributed by atoms with Crippen LogP contribution in [0.25, 0.3) is 0 Å². The molecule has 2 fully saturated rings. The maximum absolute atomic E-state index is 13.6. The normalized spacial score (nSPS) is 24.6. The fraction of sp³-hybridized carbons (Fsp3) is 0.654. The summed E-state index contributed by atoms with van der Waals surface area (Å²) in [4.78, 5) is 33.1. The Morgan fingerprint density at radius 1 is 1.21 bits per heavy atom. The van der Waals surface area contributed by atoms with Crippen molar-refractivity contribution in [3.8, 4) is 0 Å². The Balaban J connectivity index is 1.31. The monoisotopic (exact) mass is 485 g/mol. The van der Waals surface area contributed by atoms with Gasteiger partial charge in [0.15, 0.2) is 0 Å². The largest absolute Gasteiger partial charge is 0.348 e. The first kappa shape index (κ1) is 25.2. The molecule has 8 heteroatoms. The molecule has 0 bridgehead atoms. The van der Waals surface area contributed by atoms with E-state index in [1.54, 1.807) is 16.7 Å². The molecule has 4 N–H and O–H groups in total. The highest BCUT2D eigenvalue weighted by Gasteiger charge is 2.41. The van der Waals surface area contributed by atoms with Gasteiger partial charge < -0.3 is 21.3 Å². The molecule has 1 aromatic carbocycles. The van der Waals surface area contributed by atoms with Crippen LogP contribution in [0.2, 0.25) is 0 Å². The fourth-order valence-electron chi connectivity index (χ4n) is 4.82. The lowest BCUT2D eigenvalue weighted by molar-refractivity contribution is -0.142. The van der Waals surface area contributed by atoms with E-state index in [-0.39, 0.29) is 29.3 Å². The molecule has 3 aliphatic rings. The molecule has 4 rings (SSSR count). The van der Waals surface area contributed by atoms with Crippen LogP contribution in [0.3, 0.4) is 0 Å². The maximum Gasteiger partial charge on any atom is 0.243 e. The summed E-state index contributed by atoms with van der Waals surface area (Å²) < 4.78 is 0. The number of nitrogens with two attached hydrogens (primary N) is 1. The van der Waals surface area contributed by atoms with Crippen molar-refractivity contribution in [1.82, 2.24) is 15.5 Å². The van der Waals surface area contributed by atoms with E-state index in [1.807, 2.05) is 18.2 Å². The molecule has 1 saturated carbocycles. The van der Waals surface area contributed by atoms with Gasteiger partial charge >= 0.3 is 0 Å². The van der Waals surface area contributed by atoms with E-state index in [9.17, 15) is 9.59 Å². The Bertz CT molecular complexity index is 896. The highest BCUT2D eigenvalue weighted by molar-refractivity contribution is 8.14. The van der Waals surface area contributed by atoms with Crippen LogP contribution in [0.4, 0.5) is 0 Å². The summed E-state index contributed by atoms with van der Waals surface area (Å²) in [6, 6.07) is 9.63. The molecule has 4 atom stereocenters. The number of carbonyl (C=O) groups is 2. The van der Waals surface area contributed by atoms with Gasteiger partial charge in [0.2, 0.25) is 11.8 Å². The summed E-state index contributed by atoms with van der Waals surface area (Å²) >= 11 is 1.71. The Hall–Kier alpha value is -1.90. The number of nitrogens with zero attached hydrogens (tertiary/aromatic N) is 2. The number of amides is 2. The third-order valence-electron chi connectivity index (χ3n) is 7.03. The van der Waals surface area contributed by atoms with Crippen molar-refractivity contribution in [3.05, 3.63) is 35.9 Å². The van der Waals surface area contributed by atoms with Crippen molar-refractivity contribution < 1.29 is 9.59 Å². The van der Waals surface area contributed by atoms with Crippen molar-refractivity contribution in [2.75, 3.05) is 26.2 Å². The Labute approximate surface area is 207 Å². The molecule has 2 aliphatic heterocycles. The number of nitrogens with one attached hydrogen (secondary N) is 2. The van der Waals surface area contributed by atoms with Gasteiger partial charge in [-0.3, -0.25) is 14.6 Å². The van der Waals surface area contributed by atoms with Crippen molar-refractivity contribution in [2.45, 2.75) is 69.8 Å². The van der Waals surface area contributed by atoms with Crippen molar-refractivity contribution in [3.63, 3.8) is 0 Å². The minimum Gasteiger partial charge on any atom is -0.348 e. The minimum absolute atomic E-state index is 0.00451. The highest BCUT2D eigenvalue weighted by Crippen LogP contribution is 2.35. The Morgan fingerprint density at radius 3 is 2.62 bits per heavy atom. The van der Waals surface area contributed by atoms with Crippen LogP contribution in [0.1, 0.15) is 57.3 Å². The van der Waals surface area contributed by atoms with Crippen LogP contribution in [-0.2, 0) is 9.59 Å². The predicted octanol–water partition coefficient (Wildman–Crippen LogP) is 2.72. The van der Waals surface area contributed by atoms with Gasteiger partial charge in [0.25, 0.3) is 0 Å². The van der Waals surface area contributed by atoms with Crippen LogP contribution < -0.4 is 16.4 Å². The van der Waals surface area contributed by atoms with E-state index in [0.29, 0.717) is 37.2 Å². The van der Waals surface area contributed by atoms with Crippen LogP contribution in [0.5, 0.6) is 0 Å². The molecule has 0 radical (unpaired) electrons. The third-order valence-corrected chi connectivity index (χ3v) is 8.28. The number of carbonyl (C=O) groups excluding carboxylic acids is 2. The first-order valence-corrected chi connectivity index (χ1v) is 13.4. The number of likely N-dealkylation sites (tertiary alicyclic amines) is 1. The Kier molecular flexibility index (Phi) is 8.00. The quantitative estimate of drug-likeness (QED) is 0.499. The van der Waals surface area contributed by atoms with Gasteiger partial charge in [-0.1, -0.05) is 62.9 Å². The second-order valence-electron chi connectivity index (χ2n) is 10.9. The number of hydrogen-bond acceptors (Lipinski definition) is 6. The maximum atomic E-state index is 13.6. The van der Waals surface area contributed by atoms with Gasteiger partial charge in [-0.05, 0) is 42.6 Å². The molecule has 186 valence electrons. The van der Waals surface area contributed by atoms with Gasteiger partial charge in [0.05, 0.1) is 29.4 Å². The lowest BCUT2D eigenvalue weighted by Gasteiger charge is -2.36. The zero-order valence-electron chi connectivity index (χ0n) is 20.6. The lowest BCUT2D eigenvalue weighted by Crippen LogP contribution is -2.58. The summed E-state index contributed by atoms with van der Waals surface area (Å²) in [6.45, 7) is 8.59. The number of benzene rings is 1. The molecular weight excluding hydrogens is 446 g/mol. The summed E-state index contributed by atoms with van der Waals surface area (Å²) in [6.07, 6.45) is 3.90. The summed E-state index contributed by atoms with van der Waals surface area (Å²) in [7, 11) is 0. The molecule has 0 spiro atoms. The number of aliphatic imine (C=N–C) groups is 1. The summed E-state index contributed by atoms with van der Waals surface area (Å²) in [5.41, 5.74) is 7.27. The van der Waals surface area contributed by atoms with Gasteiger partial charge in [0.1, 0.15) is 6.04 Å². The average Bonchev–Trinajstić information content (AvgIpc) is 3.35. The molecule has 2 unspecified atom stereocenters. The number of rotatable bonds is 9. The molecule has 7 nitrogen and oxygen atoms in total. The third kappa shape index (κ3) is 6.20. The van der Waals surface area contributed by atoms with E-state index in [0.717, 1.165) is 18.0 Å². The van der Waals surface area contributed by atoms with Crippen LogP contribution in [0, 0.1) is 11.3 Å². The predicted molar refractivity (Wildman–Crippen MR) is 139 cm³/mol. The summed E-state index contributed by atoms with van der Waals surface area (Å²) in [5, 5.41) is 7.74.